The highest BCUT2D eigenvalue weighted by atomic mass is 16.6. The fourth-order valence-corrected chi connectivity index (χ4v) is 1.93. The summed E-state index contributed by atoms with van der Waals surface area (Å²) in [5.41, 5.74) is -0.515. The number of alkyl carbamates (subject to hydrolysis) is 1. The predicted molar refractivity (Wildman–Crippen MR) is 78.1 cm³/mol. The number of unbranched alkanes of at least 4 members (excludes halogenated alkanes) is 2. The molecule has 4 nitrogen and oxygen atoms in total. The Morgan fingerprint density at radius 2 is 1.84 bits per heavy atom. The molecule has 0 aromatic carbocycles. The number of carbonyl (C=O) groups excluding carboxylic acids is 1. The van der Waals surface area contributed by atoms with Gasteiger partial charge in [-0.05, 0) is 33.1 Å². The van der Waals surface area contributed by atoms with E-state index in [4.69, 9.17) is 4.74 Å². The van der Waals surface area contributed by atoms with Crippen LogP contribution in [0.3, 0.4) is 0 Å². The highest BCUT2D eigenvalue weighted by molar-refractivity contribution is 5.68. The van der Waals surface area contributed by atoms with Crippen LogP contribution in [0.15, 0.2) is 0 Å². The van der Waals surface area contributed by atoms with Crippen molar-refractivity contribution in [2.45, 2.75) is 85.0 Å². The molecule has 114 valence electrons. The van der Waals surface area contributed by atoms with Crippen LogP contribution in [0.4, 0.5) is 4.79 Å². The second kappa shape index (κ2) is 8.41. The first-order valence-corrected chi connectivity index (χ1v) is 7.35. The fraction of sp³-hybridized carbons (Fsp3) is 0.933. The number of aliphatic hydroxyl groups excluding tert-OH is 1. The minimum Gasteiger partial charge on any atom is -0.444 e. The first-order valence-electron chi connectivity index (χ1n) is 7.35. The van der Waals surface area contributed by atoms with Crippen LogP contribution in [0.5, 0.6) is 0 Å². The lowest BCUT2D eigenvalue weighted by Gasteiger charge is -2.29. The molecule has 19 heavy (non-hydrogen) atoms. The van der Waals surface area contributed by atoms with E-state index in [0.29, 0.717) is 6.42 Å². The van der Waals surface area contributed by atoms with Crippen molar-refractivity contribution in [1.82, 2.24) is 5.32 Å². The van der Waals surface area contributed by atoms with Gasteiger partial charge in [0.05, 0.1) is 12.1 Å². The normalized spacial score (nSPS) is 15.2. The van der Waals surface area contributed by atoms with Crippen LogP contribution in [0.25, 0.3) is 0 Å². The van der Waals surface area contributed by atoms with E-state index in [1.54, 1.807) is 0 Å². The molecule has 0 radical (unpaired) electrons. The average molecular weight is 273 g/mol. The predicted octanol–water partition coefficient (Wildman–Crippen LogP) is 3.48. The van der Waals surface area contributed by atoms with Gasteiger partial charge in [0, 0.05) is 0 Å². The van der Waals surface area contributed by atoms with Crippen molar-refractivity contribution in [3.8, 4) is 0 Å². The van der Waals surface area contributed by atoms with E-state index in [9.17, 15) is 9.90 Å². The molecule has 2 N–H and O–H groups in total. The molecule has 0 saturated carbocycles. The van der Waals surface area contributed by atoms with E-state index >= 15 is 0 Å². The van der Waals surface area contributed by atoms with Gasteiger partial charge in [0.15, 0.2) is 0 Å². The lowest BCUT2D eigenvalue weighted by Crippen LogP contribution is -2.48. The second-order valence-electron chi connectivity index (χ2n) is 6.48. The van der Waals surface area contributed by atoms with Crippen molar-refractivity contribution < 1.29 is 14.6 Å². The summed E-state index contributed by atoms with van der Waals surface area (Å²) in [5, 5.41) is 13.0. The Hall–Kier alpha value is -0.770. The Balaban J connectivity index is 4.36. The van der Waals surface area contributed by atoms with Gasteiger partial charge in [-0.2, -0.15) is 0 Å². The molecule has 0 aliphatic rings. The number of hydrogen-bond acceptors (Lipinski definition) is 3. The van der Waals surface area contributed by atoms with E-state index in [1.807, 2.05) is 34.6 Å². The molecule has 2 unspecified atom stereocenters. The molecule has 0 saturated heterocycles. The molecule has 0 heterocycles. The van der Waals surface area contributed by atoms with E-state index in [1.165, 1.54) is 0 Å². The maximum atomic E-state index is 11.8. The maximum absolute atomic E-state index is 11.8. The van der Waals surface area contributed by atoms with Crippen molar-refractivity contribution in [3.05, 3.63) is 0 Å². The summed E-state index contributed by atoms with van der Waals surface area (Å²) >= 11 is 0. The summed E-state index contributed by atoms with van der Waals surface area (Å²) in [6.07, 6.45) is 2.95. The standard InChI is InChI=1S/C15H31NO3/c1-7-8-9-10-12(17)13(11(2)3)16-14(18)19-15(4,5)6/h11-13,17H,7-10H2,1-6H3,(H,16,18). The van der Waals surface area contributed by atoms with Gasteiger partial charge in [0.1, 0.15) is 5.60 Å². The molecule has 0 aromatic rings. The zero-order valence-electron chi connectivity index (χ0n) is 13.3. The number of nitrogens with one attached hydrogen (secondary N) is 1. The summed E-state index contributed by atoms with van der Waals surface area (Å²) in [4.78, 5) is 11.8. The van der Waals surface area contributed by atoms with Gasteiger partial charge in [-0.3, -0.25) is 0 Å². The van der Waals surface area contributed by atoms with Crippen LogP contribution in [0.1, 0.15) is 67.2 Å². The van der Waals surface area contributed by atoms with Crippen LogP contribution in [-0.2, 0) is 4.74 Å². The number of amides is 1. The molecule has 0 aliphatic heterocycles. The quantitative estimate of drug-likeness (QED) is 0.698. The van der Waals surface area contributed by atoms with Gasteiger partial charge in [-0.15, -0.1) is 0 Å². The SMILES string of the molecule is CCCCCC(O)C(NC(=O)OC(C)(C)C)C(C)C. The van der Waals surface area contributed by atoms with Crippen LogP contribution in [0.2, 0.25) is 0 Å². The summed E-state index contributed by atoms with van der Waals surface area (Å²) < 4.78 is 5.23. The molecular formula is C15H31NO3. The third-order valence-corrected chi connectivity index (χ3v) is 2.92. The first-order chi connectivity index (χ1) is 8.67. The Kier molecular flexibility index (Phi) is 8.07. The van der Waals surface area contributed by atoms with Gasteiger partial charge in [0.2, 0.25) is 0 Å². The minimum absolute atomic E-state index is 0.171. The maximum Gasteiger partial charge on any atom is 0.407 e. The van der Waals surface area contributed by atoms with Crippen LogP contribution in [-0.4, -0.2) is 28.9 Å². The second-order valence-corrected chi connectivity index (χ2v) is 6.48. The topological polar surface area (TPSA) is 58.6 Å². The van der Waals surface area contributed by atoms with E-state index in [-0.39, 0.29) is 12.0 Å². The Morgan fingerprint density at radius 3 is 2.26 bits per heavy atom. The molecule has 2 atom stereocenters. The molecule has 4 heteroatoms. The molecule has 0 aromatic heterocycles. The number of carbonyl (C=O) groups is 1. The van der Waals surface area contributed by atoms with Crippen molar-refractivity contribution in [2.75, 3.05) is 0 Å². The molecule has 0 aliphatic carbocycles. The molecule has 0 bridgehead atoms. The van der Waals surface area contributed by atoms with Crippen molar-refractivity contribution in [2.24, 2.45) is 5.92 Å². The largest absolute Gasteiger partial charge is 0.444 e. The molecule has 0 fully saturated rings. The van der Waals surface area contributed by atoms with E-state index < -0.39 is 17.8 Å². The number of hydrogen-bond donors (Lipinski definition) is 2. The smallest absolute Gasteiger partial charge is 0.407 e. The van der Waals surface area contributed by atoms with Crippen LogP contribution >= 0.6 is 0 Å². The summed E-state index contributed by atoms with van der Waals surface area (Å²) in [7, 11) is 0. The van der Waals surface area contributed by atoms with Gasteiger partial charge >= 0.3 is 6.09 Å². The van der Waals surface area contributed by atoms with Crippen LogP contribution < -0.4 is 5.32 Å². The summed E-state index contributed by atoms with van der Waals surface area (Å²) in [6, 6.07) is -0.258. The zero-order chi connectivity index (χ0) is 15.1. The van der Waals surface area contributed by atoms with Crippen molar-refractivity contribution in [1.29, 1.82) is 0 Å². The number of aliphatic hydroxyl groups is 1. The minimum atomic E-state index is -0.515. The molecule has 1 amide bonds. The van der Waals surface area contributed by atoms with E-state index in [2.05, 4.69) is 12.2 Å². The molecule has 0 spiro atoms. The fourth-order valence-electron chi connectivity index (χ4n) is 1.93. The lowest BCUT2D eigenvalue weighted by molar-refractivity contribution is 0.0359. The Bertz CT molecular complexity index is 259. The van der Waals surface area contributed by atoms with Crippen molar-refractivity contribution in [3.63, 3.8) is 0 Å². The number of rotatable bonds is 7. The lowest BCUT2D eigenvalue weighted by atomic mass is 9.95. The molecular weight excluding hydrogens is 242 g/mol. The monoisotopic (exact) mass is 273 g/mol. The highest BCUT2D eigenvalue weighted by Crippen LogP contribution is 2.14. The molecule has 0 rings (SSSR count). The number of ether oxygens (including phenoxy) is 1. The third-order valence-electron chi connectivity index (χ3n) is 2.92. The zero-order valence-corrected chi connectivity index (χ0v) is 13.3. The Labute approximate surface area is 117 Å². The van der Waals surface area contributed by atoms with Gasteiger partial charge in [-0.25, -0.2) is 4.79 Å². The Morgan fingerprint density at radius 1 is 1.26 bits per heavy atom. The average Bonchev–Trinajstić information content (AvgIpc) is 2.23. The van der Waals surface area contributed by atoms with Crippen LogP contribution in [0, 0.1) is 5.92 Å². The van der Waals surface area contributed by atoms with Gasteiger partial charge < -0.3 is 15.2 Å². The summed E-state index contributed by atoms with van der Waals surface area (Å²) in [5.74, 6) is 0.171. The first kappa shape index (κ1) is 18.2. The highest BCUT2D eigenvalue weighted by Gasteiger charge is 2.26. The third kappa shape index (κ3) is 8.87. The van der Waals surface area contributed by atoms with E-state index in [0.717, 1.165) is 19.3 Å². The van der Waals surface area contributed by atoms with Gasteiger partial charge in [-0.1, -0.05) is 40.0 Å². The van der Waals surface area contributed by atoms with Crippen molar-refractivity contribution >= 4 is 6.09 Å². The summed E-state index contributed by atoms with van der Waals surface area (Å²) in [6.45, 7) is 11.6. The van der Waals surface area contributed by atoms with Gasteiger partial charge in [0.25, 0.3) is 0 Å².